The Bertz CT molecular complexity index is 864. The number of ether oxygens (including phenoxy) is 1. The van der Waals surface area contributed by atoms with Crippen molar-refractivity contribution in [1.82, 2.24) is 25.5 Å². The summed E-state index contributed by atoms with van der Waals surface area (Å²) < 4.78 is 6.52. The monoisotopic (exact) mass is 351 g/mol. The summed E-state index contributed by atoms with van der Waals surface area (Å²) in [4.78, 5) is 24.0. The van der Waals surface area contributed by atoms with Gasteiger partial charge in [-0.05, 0) is 47.2 Å². The number of nitrogens with zero attached hydrogens (tertiary/aromatic N) is 4. The highest BCUT2D eigenvalue weighted by Crippen LogP contribution is 2.11. The molecule has 1 N–H and O–H groups in total. The smallest absolute Gasteiger partial charge is 0.338 e. The molecule has 2 aromatic carbocycles. The Labute approximate surface area is 149 Å². The van der Waals surface area contributed by atoms with Crippen LogP contribution < -0.4 is 5.32 Å². The number of carbonyl (C=O) groups excluding carboxylic acids is 2. The predicted molar refractivity (Wildman–Crippen MR) is 92.4 cm³/mol. The maximum Gasteiger partial charge on any atom is 0.338 e. The van der Waals surface area contributed by atoms with E-state index >= 15 is 0 Å². The van der Waals surface area contributed by atoms with E-state index in [1.165, 1.54) is 11.0 Å². The number of tetrazole rings is 1. The van der Waals surface area contributed by atoms with Crippen molar-refractivity contribution >= 4 is 11.9 Å². The molecule has 0 aliphatic heterocycles. The van der Waals surface area contributed by atoms with Crippen molar-refractivity contribution < 1.29 is 14.3 Å². The Balaban J connectivity index is 1.51. The molecule has 3 rings (SSSR count). The minimum atomic E-state index is -0.573. The summed E-state index contributed by atoms with van der Waals surface area (Å²) in [5, 5.41) is 13.6. The summed E-state index contributed by atoms with van der Waals surface area (Å²) in [5.41, 5.74) is 2.03. The number of rotatable bonds is 6. The first-order valence-electron chi connectivity index (χ1n) is 7.98. The van der Waals surface area contributed by atoms with E-state index in [1.807, 2.05) is 37.3 Å². The van der Waals surface area contributed by atoms with Gasteiger partial charge in [0.05, 0.1) is 17.3 Å². The highest BCUT2D eigenvalue weighted by Gasteiger charge is 2.13. The second kappa shape index (κ2) is 8.02. The van der Waals surface area contributed by atoms with Crippen molar-refractivity contribution in [3.8, 4) is 5.69 Å². The van der Waals surface area contributed by atoms with Gasteiger partial charge in [-0.25, -0.2) is 9.48 Å². The van der Waals surface area contributed by atoms with Gasteiger partial charge in [0.1, 0.15) is 6.33 Å². The number of aromatic nitrogens is 4. The van der Waals surface area contributed by atoms with Crippen molar-refractivity contribution in [2.45, 2.75) is 13.0 Å². The second-order valence-corrected chi connectivity index (χ2v) is 5.58. The van der Waals surface area contributed by atoms with E-state index in [1.54, 1.807) is 24.3 Å². The third-order valence-corrected chi connectivity index (χ3v) is 3.73. The Morgan fingerprint density at radius 2 is 1.85 bits per heavy atom. The van der Waals surface area contributed by atoms with Crippen molar-refractivity contribution in [2.75, 3.05) is 6.61 Å². The van der Waals surface area contributed by atoms with Crippen LogP contribution in [0.15, 0.2) is 60.9 Å². The SMILES string of the molecule is C[C@@H](NC(=O)COC(=O)c1ccc(-n2cnnn2)cc1)c1ccccc1. The molecule has 0 bridgehead atoms. The summed E-state index contributed by atoms with van der Waals surface area (Å²) in [6.07, 6.45) is 1.45. The molecule has 0 aliphatic carbocycles. The van der Waals surface area contributed by atoms with Crippen LogP contribution in [0.5, 0.6) is 0 Å². The summed E-state index contributed by atoms with van der Waals surface area (Å²) in [6.45, 7) is 1.53. The number of amides is 1. The quantitative estimate of drug-likeness (QED) is 0.679. The van der Waals surface area contributed by atoms with Crippen molar-refractivity contribution in [1.29, 1.82) is 0 Å². The molecule has 0 radical (unpaired) electrons. The van der Waals surface area contributed by atoms with Gasteiger partial charge < -0.3 is 10.1 Å². The molecule has 1 heterocycles. The number of carbonyl (C=O) groups is 2. The minimum Gasteiger partial charge on any atom is -0.452 e. The van der Waals surface area contributed by atoms with Gasteiger partial charge in [-0.15, -0.1) is 5.10 Å². The zero-order valence-electron chi connectivity index (χ0n) is 14.1. The number of hydrogen-bond acceptors (Lipinski definition) is 6. The van der Waals surface area contributed by atoms with Crippen LogP contribution in [0.1, 0.15) is 28.9 Å². The van der Waals surface area contributed by atoms with Gasteiger partial charge >= 0.3 is 5.97 Å². The van der Waals surface area contributed by atoms with E-state index in [0.29, 0.717) is 11.3 Å². The lowest BCUT2D eigenvalue weighted by atomic mass is 10.1. The van der Waals surface area contributed by atoms with Gasteiger partial charge in [-0.3, -0.25) is 4.79 Å². The largest absolute Gasteiger partial charge is 0.452 e. The van der Waals surface area contributed by atoms with Crippen molar-refractivity contribution in [3.63, 3.8) is 0 Å². The fourth-order valence-corrected chi connectivity index (χ4v) is 2.35. The lowest BCUT2D eigenvalue weighted by Gasteiger charge is -2.14. The highest BCUT2D eigenvalue weighted by atomic mass is 16.5. The number of nitrogens with one attached hydrogen (secondary N) is 1. The molecule has 1 atom stereocenters. The van der Waals surface area contributed by atoms with Gasteiger partial charge in [0.2, 0.25) is 0 Å². The zero-order valence-corrected chi connectivity index (χ0v) is 14.1. The first kappa shape index (κ1) is 17.3. The summed E-state index contributed by atoms with van der Waals surface area (Å²) in [5.74, 6) is -0.934. The van der Waals surface area contributed by atoms with E-state index in [9.17, 15) is 9.59 Å². The van der Waals surface area contributed by atoms with Crippen LogP contribution in [0.25, 0.3) is 5.69 Å². The lowest BCUT2D eigenvalue weighted by molar-refractivity contribution is -0.124. The molecule has 0 aliphatic rings. The molecule has 8 heteroatoms. The molecule has 1 aromatic heterocycles. The Morgan fingerprint density at radius 3 is 2.50 bits per heavy atom. The van der Waals surface area contributed by atoms with Crippen LogP contribution in [0.3, 0.4) is 0 Å². The van der Waals surface area contributed by atoms with E-state index in [2.05, 4.69) is 20.8 Å². The number of hydrogen-bond donors (Lipinski definition) is 1. The molecule has 0 unspecified atom stereocenters. The van der Waals surface area contributed by atoms with Crippen molar-refractivity contribution in [2.24, 2.45) is 0 Å². The molecule has 26 heavy (non-hydrogen) atoms. The fraction of sp³-hybridized carbons (Fsp3) is 0.167. The molecule has 8 nitrogen and oxygen atoms in total. The van der Waals surface area contributed by atoms with E-state index in [-0.39, 0.29) is 18.6 Å². The van der Waals surface area contributed by atoms with E-state index in [4.69, 9.17) is 4.74 Å². The molecule has 0 saturated carbocycles. The topological polar surface area (TPSA) is 99.0 Å². The average Bonchev–Trinajstić information content (AvgIpc) is 3.21. The Kier molecular flexibility index (Phi) is 5.33. The van der Waals surface area contributed by atoms with Gasteiger partial charge in [0.15, 0.2) is 6.61 Å². The van der Waals surface area contributed by atoms with Crippen molar-refractivity contribution in [3.05, 3.63) is 72.1 Å². The molecule has 3 aromatic rings. The van der Waals surface area contributed by atoms with Gasteiger partial charge in [0, 0.05) is 0 Å². The first-order valence-corrected chi connectivity index (χ1v) is 7.98. The molecule has 132 valence electrons. The first-order chi connectivity index (χ1) is 12.6. The number of benzene rings is 2. The molecular weight excluding hydrogens is 334 g/mol. The fourth-order valence-electron chi connectivity index (χ4n) is 2.35. The standard InChI is InChI=1S/C18H17N5O3/c1-13(14-5-3-2-4-6-14)20-17(24)11-26-18(25)15-7-9-16(10-8-15)23-12-19-21-22-23/h2-10,12-13H,11H2,1H3,(H,20,24)/t13-/m1/s1. The Hall–Kier alpha value is -3.55. The second-order valence-electron chi connectivity index (χ2n) is 5.58. The average molecular weight is 351 g/mol. The zero-order chi connectivity index (χ0) is 18.4. The number of esters is 1. The Morgan fingerprint density at radius 1 is 1.12 bits per heavy atom. The summed E-state index contributed by atoms with van der Waals surface area (Å²) in [6, 6.07) is 15.9. The molecular formula is C18H17N5O3. The third-order valence-electron chi connectivity index (χ3n) is 3.73. The maximum atomic E-state index is 12.1. The van der Waals surface area contributed by atoms with Crippen LogP contribution in [-0.4, -0.2) is 38.7 Å². The normalized spacial score (nSPS) is 11.6. The summed E-state index contributed by atoms with van der Waals surface area (Å²) in [7, 11) is 0. The summed E-state index contributed by atoms with van der Waals surface area (Å²) >= 11 is 0. The molecule has 0 saturated heterocycles. The van der Waals surface area contributed by atoms with Gasteiger partial charge in [-0.2, -0.15) is 0 Å². The van der Waals surface area contributed by atoms with E-state index in [0.717, 1.165) is 5.56 Å². The van der Waals surface area contributed by atoms with Crippen LogP contribution in [0, 0.1) is 0 Å². The maximum absolute atomic E-state index is 12.1. The molecule has 1 amide bonds. The van der Waals surface area contributed by atoms with Crippen LogP contribution in [-0.2, 0) is 9.53 Å². The lowest BCUT2D eigenvalue weighted by Crippen LogP contribution is -2.31. The third kappa shape index (κ3) is 4.29. The molecule has 0 fully saturated rings. The van der Waals surface area contributed by atoms with E-state index < -0.39 is 5.97 Å². The molecule has 0 spiro atoms. The predicted octanol–water partition coefficient (Wildman–Crippen LogP) is 1.70. The minimum absolute atomic E-state index is 0.169. The van der Waals surface area contributed by atoms with Crippen LogP contribution in [0.4, 0.5) is 0 Å². The van der Waals surface area contributed by atoms with Gasteiger partial charge in [-0.1, -0.05) is 30.3 Å². The van der Waals surface area contributed by atoms with Crippen LogP contribution >= 0.6 is 0 Å². The highest BCUT2D eigenvalue weighted by molar-refractivity contribution is 5.91. The van der Waals surface area contributed by atoms with Crippen LogP contribution in [0.2, 0.25) is 0 Å². The van der Waals surface area contributed by atoms with Gasteiger partial charge in [0.25, 0.3) is 5.91 Å².